The molecule has 0 aromatic carbocycles. The zero-order valence-electron chi connectivity index (χ0n) is 14.0. The molecule has 0 aliphatic rings. The number of hydrogen-bond acceptors (Lipinski definition) is 7. The van der Waals surface area contributed by atoms with Crippen LogP contribution in [0.25, 0.3) is 0 Å². The van der Waals surface area contributed by atoms with E-state index in [0.717, 1.165) is 17.0 Å². The molecule has 25 heavy (non-hydrogen) atoms. The van der Waals surface area contributed by atoms with Gasteiger partial charge in [-0.3, -0.25) is 9.59 Å². The summed E-state index contributed by atoms with van der Waals surface area (Å²) in [6, 6.07) is 3.17. The maximum absolute atomic E-state index is 12.0. The normalized spacial score (nSPS) is 11.8. The van der Waals surface area contributed by atoms with Crippen molar-refractivity contribution in [2.75, 3.05) is 11.1 Å². The van der Waals surface area contributed by atoms with Crippen molar-refractivity contribution in [2.45, 2.75) is 32.6 Å². The molecule has 1 N–H and O–H groups in total. The smallest absolute Gasteiger partial charge is 0.316 e. The molecule has 0 saturated heterocycles. The molecule has 0 unspecified atom stereocenters. The number of nitrogens with one attached hydrogen (secondary N) is 1. The van der Waals surface area contributed by atoms with E-state index in [9.17, 15) is 9.59 Å². The second-order valence-corrected chi connectivity index (χ2v) is 6.70. The largest absolute Gasteiger partial charge is 0.452 e. The number of carbonyl (C=O) groups excluding carboxylic acids is 2. The standard InChI is InChI=1S/C16H18ClN3O4S/c1-9-13(10(2)24-20-9)7-25-8-15(21)23-11(3)16(22)19-14-5-4-12(17)6-18-14/h4-6,11H,7-8H2,1-3H3,(H,18,19,22)/t11-/m1/s1. The Kier molecular flexibility index (Phi) is 6.83. The van der Waals surface area contributed by atoms with Crippen molar-refractivity contribution in [1.82, 2.24) is 10.1 Å². The molecule has 0 bridgehead atoms. The number of nitrogens with zero attached hydrogens (tertiary/aromatic N) is 2. The topological polar surface area (TPSA) is 94.3 Å². The number of aryl methyl sites for hydroxylation is 2. The van der Waals surface area contributed by atoms with E-state index >= 15 is 0 Å². The van der Waals surface area contributed by atoms with Gasteiger partial charge in [0.15, 0.2) is 6.10 Å². The summed E-state index contributed by atoms with van der Waals surface area (Å²) < 4.78 is 10.2. The molecule has 134 valence electrons. The highest BCUT2D eigenvalue weighted by Crippen LogP contribution is 2.19. The van der Waals surface area contributed by atoms with Crippen LogP contribution in [0.3, 0.4) is 0 Å². The molecule has 0 radical (unpaired) electrons. The number of anilines is 1. The van der Waals surface area contributed by atoms with Crippen LogP contribution in [0, 0.1) is 13.8 Å². The van der Waals surface area contributed by atoms with Gasteiger partial charge in [0.25, 0.3) is 5.91 Å². The van der Waals surface area contributed by atoms with Gasteiger partial charge < -0.3 is 14.6 Å². The third-order valence-electron chi connectivity index (χ3n) is 3.30. The molecular formula is C16H18ClN3O4S. The number of thioether (sulfide) groups is 1. The Hall–Kier alpha value is -2.06. The minimum absolute atomic E-state index is 0.126. The highest BCUT2D eigenvalue weighted by molar-refractivity contribution is 7.99. The first-order chi connectivity index (χ1) is 11.9. The Morgan fingerprint density at radius 2 is 2.16 bits per heavy atom. The number of pyridine rings is 1. The Bertz CT molecular complexity index is 729. The van der Waals surface area contributed by atoms with Gasteiger partial charge >= 0.3 is 5.97 Å². The van der Waals surface area contributed by atoms with E-state index in [1.165, 1.54) is 24.9 Å². The molecular weight excluding hydrogens is 366 g/mol. The molecule has 2 aromatic rings. The van der Waals surface area contributed by atoms with E-state index in [0.29, 0.717) is 16.6 Å². The second-order valence-electron chi connectivity index (χ2n) is 5.28. The lowest BCUT2D eigenvalue weighted by Gasteiger charge is -2.13. The van der Waals surface area contributed by atoms with Crippen molar-refractivity contribution >= 4 is 41.1 Å². The van der Waals surface area contributed by atoms with Crippen LogP contribution < -0.4 is 5.32 Å². The first-order valence-electron chi connectivity index (χ1n) is 7.48. The fraction of sp³-hybridized carbons (Fsp3) is 0.375. The van der Waals surface area contributed by atoms with Gasteiger partial charge in [0.2, 0.25) is 0 Å². The van der Waals surface area contributed by atoms with Crippen LogP contribution in [0.5, 0.6) is 0 Å². The highest BCUT2D eigenvalue weighted by Gasteiger charge is 2.19. The van der Waals surface area contributed by atoms with Crippen LogP contribution in [-0.2, 0) is 20.1 Å². The van der Waals surface area contributed by atoms with Gasteiger partial charge in [0.05, 0.1) is 16.5 Å². The first-order valence-corrected chi connectivity index (χ1v) is 9.01. The van der Waals surface area contributed by atoms with E-state index in [4.69, 9.17) is 20.9 Å². The van der Waals surface area contributed by atoms with Crippen molar-refractivity contribution < 1.29 is 18.8 Å². The minimum Gasteiger partial charge on any atom is -0.452 e. The summed E-state index contributed by atoms with van der Waals surface area (Å²) in [6.07, 6.45) is 0.490. The summed E-state index contributed by atoms with van der Waals surface area (Å²) in [4.78, 5) is 27.8. The van der Waals surface area contributed by atoms with Crippen LogP contribution in [0.15, 0.2) is 22.9 Å². The molecule has 2 rings (SSSR count). The van der Waals surface area contributed by atoms with Crippen LogP contribution >= 0.6 is 23.4 Å². The lowest BCUT2D eigenvalue weighted by Crippen LogP contribution is -2.30. The van der Waals surface area contributed by atoms with Crippen molar-refractivity contribution in [1.29, 1.82) is 0 Å². The average molecular weight is 384 g/mol. The summed E-state index contributed by atoms with van der Waals surface area (Å²) in [5.41, 5.74) is 1.78. The average Bonchev–Trinajstić information content (AvgIpc) is 2.88. The zero-order chi connectivity index (χ0) is 18.4. The molecule has 2 heterocycles. The number of amides is 1. The van der Waals surface area contributed by atoms with Gasteiger partial charge in [-0.05, 0) is 32.9 Å². The van der Waals surface area contributed by atoms with Crippen LogP contribution in [0.2, 0.25) is 5.02 Å². The molecule has 1 amide bonds. The fourth-order valence-corrected chi connectivity index (χ4v) is 2.97. The lowest BCUT2D eigenvalue weighted by atomic mass is 10.2. The molecule has 9 heteroatoms. The van der Waals surface area contributed by atoms with Crippen LogP contribution in [-0.4, -0.2) is 33.9 Å². The van der Waals surface area contributed by atoms with Crippen LogP contribution in [0.4, 0.5) is 5.82 Å². The Morgan fingerprint density at radius 1 is 1.40 bits per heavy atom. The Labute approximate surface area is 154 Å². The van der Waals surface area contributed by atoms with Crippen molar-refractivity contribution in [3.8, 4) is 0 Å². The van der Waals surface area contributed by atoms with Gasteiger partial charge in [0.1, 0.15) is 11.6 Å². The number of carbonyl (C=O) groups is 2. The van der Waals surface area contributed by atoms with Gasteiger partial charge in [-0.1, -0.05) is 16.8 Å². The molecule has 0 fully saturated rings. The molecule has 0 saturated carbocycles. The quantitative estimate of drug-likeness (QED) is 0.734. The van der Waals surface area contributed by atoms with Crippen molar-refractivity contribution in [3.63, 3.8) is 0 Å². The SMILES string of the molecule is Cc1noc(C)c1CSCC(=O)O[C@H](C)C(=O)Nc1ccc(Cl)cn1. The third kappa shape index (κ3) is 5.75. The number of halogens is 1. The summed E-state index contributed by atoms with van der Waals surface area (Å²) in [5, 5.41) is 6.88. The maximum atomic E-state index is 12.0. The lowest BCUT2D eigenvalue weighted by molar-refractivity contribution is -0.150. The molecule has 2 aromatic heterocycles. The Morgan fingerprint density at radius 3 is 2.76 bits per heavy atom. The molecule has 0 spiro atoms. The van der Waals surface area contributed by atoms with Gasteiger partial charge in [-0.2, -0.15) is 0 Å². The predicted octanol–water partition coefficient (Wildman–Crippen LogP) is 3.14. The second kappa shape index (κ2) is 8.87. The van der Waals surface area contributed by atoms with E-state index in [2.05, 4.69) is 15.5 Å². The summed E-state index contributed by atoms with van der Waals surface area (Å²) in [5.74, 6) is 0.862. The monoisotopic (exact) mass is 383 g/mol. The minimum atomic E-state index is -0.926. The van der Waals surface area contributed by atoms with Crippen LogP contribution in [0.1, 0.15) is 23.9 Å². The molecule has 1 atom stereocenters. The van der Waals surface area contributed by atoms with E-state index in [1.54, 1.807) is 12.1 Å². The van der Waals surface area contributed by atoms with Crippen molar-refractivity contribution in [3.05, 3.63) is 40.4 Å². The molecule has 0 aliphatic carbocycles. The number of esters is 1. The summed E-state index contributed by atoms with van der Waals surface area (Å²) >= 11 is 7.10. The third-order valence-corrected chi connectivity index (χ3v) is 4.46. The summed E-state index contributed by atoms with van der Waals surface area (Å²) in [6.45, 7) is 5.18. The van der Waals surface area contributed by atoms with Gasteiger partial charge in [-0.25, -0.2) is 4.98 Å². The molecule has 7 nitrogen and oxygen atoms in total. The zero-order valence-corrected chi connectivity index (χ0v) is 15.6. The summed E-state index contributed by atoms with van der Waals surface area (Å²) in [7, 11) is 0. The Balaban J connectivity index is 1.75. The van der Waals surface area contributed by atoms with Crippen molar-refractivity contribution in [2.24, 2.45) is 0 Å². The number of aromatic nitrogens is 2. The number of rotatable bonds is 7. The van der Waals surface area contributed by atoms with E-state index in [-0.39, 0.29) is 5.75 Å². The molecule has 0 aliphatic heterocycles. The number of hydrogen-bond donors (Lipinski definition) is 1. The maximum Gasteiger partial charge on any atom is 0.316 e. The fourth-order valence-electron chi connectivity index (χ4n) is 1.91. The highest BCUT2D eigenvalue weighted by atomic mass is 35.5. The van der Waals surface area contributed by atoms with Gasteiger partial charge in [-0.15, -0.1) is 11.8 Å². The van der Waals surface area contributed by atoms with E-state index in [1.807, 2.05) is 13.8 Å². The first kappa shape index (κ1) is 19.3. The van der Waals surface area contributed by atoms with E-state index < -0.39 is 18.0 Å². The van der Waals surface area contributed by atoms with Gasteiger partial charge in [0, 0.05) is 17.5 Å². The number of ether oxygens (including phenoxy) is 1. The predicted molar refractivity (Wildman–Crippen MR) is 95.6 cm³/mol.